The van der Waals surface area contributed by atoms with Crippen LogP contribution in [0.5, 0.6) is 23.0 Å². The number of benzene rings is 2. The fourth-order valence-electron chi connectivity index (χ4n) is 2.57. The lowest BCUT2D eigenvalue weighted by Crippen LogP contribution is -2.09. The average Bonchev–Trinajstić information content (AvgIpc) is 3.21. The molecule has 0 bridgehead atoms. The van der Waals surface area contributed by atoms with Crippen LogP contribution in [0.2, 0.25) is 0 Å². The quantitative estimate of drug-likeness (QED) is 0.624. The second kappa shape index (κ2) is 8.30. The molecule has 9 heteroatoms. The molecule has 0 aliphatic heterocycles. The zero-order valence-corrected chi connectivity index (χ0v) is 15.5. The number of methoxy groups -OCH3 is 3. The molecule has 3 rings (SSSR count). The Morgan fingerprint density at radius 3 is 2.32 bits per heavy atom. The molecule has 0 radical (unpaired) electrons. The van der Waals surface area contributed by atoms with Crippen LogP contribution in [0.3, 0.4) is 0 Å². The number of nitrogens with zero attached hydrogens (tertiary/aromatic N) is 2. The first-order valence-electron chi connectivity index (χ1n) is 8.15. The Kier molecular flexibility index (Phi) is 5.64. The van der Waals surface area contributed by atoms with Gasteiger partial charge in [-0.25, -0.2) is 4.79 Å². The van der Waals surface area contributed by atoms with Crippen molar-refractivity contribution in [3.63, 3.8) is 0 Å². The minimum atomic E-state index is -1.08. The lowest BCUT2D eigenvalue weighted by atomic mass is 10.1. The third-order valence-corrected chi connectivity index (χ3v) is 3.82. The monoisotopic (exact) mass is 386 g/mol. The summed E-state index contributed by atoms with van der Waals surface area (Å²) in [5.41, 5.74) is 1.07. The van der Waals surface area contributed by atoms with E-state index in [1.165, 1.54) is 21.3 Å². The summed E-state index contributed by atoms with van der Waals surface area (Å²) in [6, 6.07) is 10.2. The molecule has 1 N–H and O–H groups in total. The van der Waals surface area contributed by atoms with Crippen LogP contribution in [0.1, 0.15) is 0 Å². The molecule has 2 aromatic carbocycles. The molecule has 3 aromatic rings. The van der Waals surface area contributed by atoms with Gasteiger partial charge in [0.15, 0.2) is 18.1 Å². The van der Waals surface area contributed by atoms with Gasteiger partial charge >= 0.3 is 5.97 Å². The van der Waals surface area contributed by atoms with Gasteiger partial charge in [0, 0.05) is 5.56 Å². The first kappa shape index (κ1) is 19.0. The van der Waals surface area contributed by atoms with E-state index >= 15 is 0 Å². The lowest BCUT2D eigenvalue weighted by molar-refractivity contribution is -0.139. The number of carbonyl (C=O) groups is 1. The van der Waals surface area contributed by atoms with Crippen molar-refractivity contribution in [1.29, 1.82) is 0 Å². The number of hydrogen-bond acceptors (Lipinski definition) is 8. The Hall–Kier alpha value is -3.75. The summed E-state index contributed by atoms with van der Waals surface area (Å²) in [6.45, 7) is -0.481. The average molecular weight is 386 g/mol. The summed E-state index contributed by atoms with van der Waals surface area (Å²) < 4.78 is 26.6. The van der Waals surface area contributed by atoms with E-state index in [1.807, 2.05) is 0 Å². The Morgan fingerprint density at radius 2 is 1.71 bits per heavy atom. The van der Waals surface area contributed by atoms with Crippen LogP contribution in [0.25, 0.3) is 22.8 Å². The zero-order valence-electron chi connectivity index (χ0n) is 15.5. The number of aliphatic carboxylic acids is 1. The van der Waals surface area contributed by atoms with E-state index in [1.54, 1.807) is 36.4 Å². The summed E-state index contributed by atoms with van der Waals surface area (Å²) in [5.74, 6) is 1.07. The molecule has 1 aromatic heterocycles. The molecular weight excluding hydrogens is 368 g/mol. The van der Waals surface area contributed by atoms with Crippen molar-refractivity contribution in [1.82, 2.24) is 10.1 Å². The molecule has 0 atom stereocenters. The van der Waals surface area contributed by atoms with Gasteiger partial charge in [0.05, 0.1) is 26.9 Å². The highest BCUT2D eigenvalue weighted by Crippen LogP contribution is 2.41. The maximum absolute atomic E-state index is 10.8. The van der Waals surface area contributed by atoms with Crippen molar-refractivity contribution in [2.45, 2.75) is 0 Å². The van der Waals surface area contributed by atoms with E-state index in [9.17, 15) is 4.79 Å². The van der Waals surface area contributed by atoms with Gasteiger partial charge < -0.3 is 28.6 Å². The number of para-hydroxylation sites is 1. The molecule has 1 heterocycles. The molecular formula is C19H18N2O7. The van der Waals surface area contributed by atoms with Gasteiger partial charge in [-0.15, -0.1) is 0 Å². The Morgan fingerprint density at radius 1 is 1.04 bits per heavy atom. The largest absolute Gasteiger partial charge is 0.493 e. The van der Waals surface area contributed by atoms with Crippen molar-refractivity contribution >= 4 is 5.97 Å². The Bertz CT molecular complexity index is 959. The van der Waals surface area contributed by atoms with Crippen LogP contribution < -0.4 is 18.9 Å². The topological polar surface area (TPSA) is 113 Å². The predicted molar refractivity (Wildman–Crippen MR) is 98.0 cm³/mol. The van der Waals surface area contributed by atoms with E-state index in [0.29, 0.717) is 39.9 Å². The number of carboxylic acids is 1. The van der Waals surface area contributed by atoms with Gasteiger partial charge in [-0.3, -0.25) is 0 Å². The second-order valence-electron chi connectivity index (χ2n) is 5.52. The summed E-state index contributed by atoms with van der Waals surface area (Å²) in [7, 11) is 4.54. The predicted octanol–water partition coefficient (Wildman–Crippen LogP) is 2.89. The summed E-state index contributed by atoms with van der Waals surface area (Å²) >= 11 is 0. The van der Waals surface area contributed by atoms with E-state index in [0.717, 1.165) is 0 Å². The molecule has 146 valence electrons. The number of hydrogen-bond donors (Lipinski definition) is 1. The SMILES string of the molecule is COc1cc(-c2noc(-c3ccccc3OCC(=O)O)n2)cc(OC)c1OC. The van der Waals surface area contributed by atoms with Gasteiger partial charge in [-0.1, -0.05) is 17.3 Å². The number of carboxylic acid groups (broad SMARTS) is 1. The van der Waals surface area contributed by atoms with Crippen molar-refractivity contribution in [3.8, 4) is 45.8 Å². The highest BCUT2D eigenvalue weighted by molar-refractivity contribution is 5.71. The molecule has 0 aliphatic carbocycles. The van der Waals surface area contributed by atoms with Crippen LogP contribution in [-0.4, -0.2) is 49.2 Å². The number of rotatable bonds is 8. The van der Waals surface area contributed by atoms with E-state index < -0.39 is 12.6 Å². The van der Waals surface area contributed by atoms with Crippen molar-refractivity contribution in [2.75, 3.05) is 27.9 Å². The third-order valence-electron chi connectivity index (χ3n) is 3.82. The first-order chi connectivity index (χ1) is 13.6. The summed E-state index contributed by atoms with van der Waals surface area (Å²) in [5, 5.41) is 12.8. The Labute approximate surface area is 160 Å². The molecule has 0 saturated heterocycles. The molecule has 0 unspecified atom stereocenters. The van der Waals surface area contributed by atoms with Gasteiger partial charge in [0.1, 0.15) is 5.75 Å². The molecule has 9 nitrogen and oxygen atoms in total. The summed E-state index contributed by atoms with van der Waals surface area (Å²) in [6.07, 6.45) is 0. The fraction of sp³-hybridized carbons (Fsp3) is 0.211. The van der Waals surface area contributed by atoms with E-state index in [-0.39, 0.29) is 5.89 Å². The second-order valence-corrected chi connectivity index (χ2v) is 5.52. The van der Waals surface area contributed by atoms with Crippen molar-refractivity contribution in [2.24, 2.45) is 0 Å². The maximum Gasteiger partial charge on any atom is 0.341 e. The maximum atomic E-state index is 10.8. The molecule has 0 amide bonds. The molecule has 28 heavy (non-hydrogen) atoms. The molecule has 0 spiro atoms. The minimum Gasteiger partial charge on any atom is -0.493 e. The highest BCUT2D eigenvalue weighted by Gasteiger charge is 2.19. The van der Waals surface area contributed by atoms with Gasteiger partial charge in [0.25, 0.3) is 5.89 Å². The fourth-order valence-corrected chi connectivity index (χ4v) is 2.57. The van der Waals surface area contributed by atoms with Crippen molar-refractivity contribution in [3.05, 3.63) is 36.4 Å². The molecule has 0 saturated carbocycles. The van der Waals surface area contributed by atoms with Crippen LogP contribution >= 0.6 is 0 Å². The van der Waals surface area contributed by atoms with E-state index in [4.69, 9.17) is 28.6 Å². The van der Waals surface area contributed by atoms with Crippen LogP contribution in [0.15, 0.2) is 40.9 Å². The highest BCUT2D eigenvalue weighted by atomic mass is 16.5. The number of aromatic nitrogens is 2. The lowest BCUT2D eigenvalue weighted by Gasteiger charge is -2.12. The normalized spacial score (nSPS) is 10.4. The standard InChI is InChI=1S/C19H18N2O7/c1-24-14-8-11(9-15(25-2)17(14)26-3)18-20-19(28-21-18)12-6-4-5-7-13(12)27-10-16(22)23/h4-9H,10H2,1-3H3,(H,22,23). The van der Waals surface area contributed by atoms with Gasteiger partial charge in [-0.05, 0) is 24.3 Å². The van der Waals surface area contributed by atoms with E-state index in [2.05, 4.69) is 10.1 Å². The third kappa shape index (κ3) is 3.83. The van der Waals surface area contributed by atoms with Crippen LogP contribution in [-0.2, 0) is 4.79 Å². The molecule has 0 aliphatic rings. The smallest absolute Gasteiger partial charge is 0.341 e. The molecule has 0 fully saturated rings. The van der Waals surface area contributed by atoms with Gasteiger partial charge in [0.2, 0.25) is 11.6 Å². The van der Waals surface area contributed by atoms with Crippen LogP contribution in [0.4, 0.5) is 0 Å². The van der Waals surface area contributed by atoms with Crippen LogP contribution in [0, 0.1) is 0 Å². The van der Waals surface area contributed by atoms with Crippen molar-refractivity contribution < 1.29 is 33.4 Å². The Balaban J connectivity index is 1.99. The minimum absolute atomic E-state index is 0.185. The first-order valence-corrected chi connectivity index (χ1v) is 8.15. The zero-order chi connectivity index (χ0) is 20.1. The summed E-state index contributed by atoms with van der Waals surface area (Å²) in [4.78, 5) is 15.2. The number of ether oxygens (including phenoxy) is 4. The van der Waals surface area contributed by atoms with Gasteiger partial charge in [-0.2, -0.15) is 4.98 Å².